The predicted molar refractivity (Wildman–Crippen MR) is 79.2 cm³/mol. The average molecular weight is 251 g/mol. The summed E-state index contributed by atoms with van der Waals surface area (Å²) in [6, 6.07) is 20.6. The molecule has 1 aliphatic heterocycles. The Hall–Kier alpha value is -2.29. The van der Waals surface area contributed by atoms with E-state index in [2.05, 4.69) is 53.2 Å². The van der Waals surface area contributed by atoms with Crippen molar-refractivity contribution in [1.29, 1.82) is 0 Å². The second-order valence-corrected chi connectivity index (χ2v) is 4.99. The Morgan fingerprint density at radius 2 is 1.58 bits per heavy atom. The van der Waals surface area contributed by atoms with Crippen LogP contribution in [0.1, 0.15) is 12.5 Å². The maximum absolute atomic E-state index is 6.10. The van der Waals surface area contributed by atoms with Gasteiger partial charge in [-0.3, -0.25) is 4.99 Å². The van der Waals surface area contributed by atoms with Crippen LogP contribution in [0.4, 0.5) is 5.69 Å². The third-order valence-corrected chi connectivity index (χ3v) is 3.68. The summed E-state index contributed by atoms with van der Waals surface area (Å²) in [4.78, 5) is 6.56. The number of guanidine groups is 1. The Labute approximate surface area is 113 Å². The SMILES string of the molecule is CC1(c2ccccc2)CN=C(N)N1c1ccccc1. The van der Waals surface area contributed by atoms with Crippen molar-refractivity contribution in [1.82, 2.24) is 0 Å². The van der Waals surface area contributed by atoms with Gasteiger partial charge < -0.3 is 10.6 Å². The molecule has 3 rings (SSSR count). The Balaban J connectivity index is 2.08. The number of aliphatic imine (C=N–C) groups is 1. The van der Waals surface area contributed by atoms with Gasteiger partial charge in [-0.15, -0.1) is 0 Å². The molecule has 2 N–H and O–H groups in total. The van der Waals surface area contributed by atoms with Crippen LogP contribution in [0.25, 0.3) is 0 Å². The highest BCUT2D eigenvalue weighted by molar-refractivity contribution is 5.98. The number of para-hydroxylation sites is 1. The molecule has 2 aromatic rings. The van der Waals surface area contributed by atoms with Crippen LogP contribution in [-0.2, 0) is 5.54 Å². The third-order valence-electron chi connectivity index (χ3n) is 3.68. The molecule has 0 aliphatic carbocycles. The summed E-state index contributed by atoms with van der Waals surface area (Å²) in [6.07, 6.45) is 0. The zero-order valence-corrected chi connectivity index (χ0v) is 11.0. The van der Waals surface area contributed by atoms with Crippen molar-refractivity contribution in [3.05, 3.63) is 66.2 Å². The quantitative estimate of drug-likeness (QED) is 0.891. The number of rotatable bonds is 2. The van der Waals surface area contributed by atoms with E-state index < -0.39 is 0 Å². The van der Waals surface area contributed by atoms with Crippen LogP contribution < -0.4 is 10.6 Å². The van der Waals surface area contributed by atoms with Crippen molar-refractivity contribution in [3.8, 4) is 0 Å². The van der Waals surface area contributed by atoms with E-state index in [1.807, 2.05) is 24.3 Å². The van der Waals surface area contributed by atoms with E-state index in [9.17, 15) is 0 Å². The van der Waals surface area contributed by atoms with Gasteiger partial charge in [-0.25, -0.2) is 0 Å². The molecule has 1 atom stereocenters. The molecule has 1 heterocycles. The molecule has 1 aliphatic rings. The van der Waals surface area contributed by atoms with E-state index in [0.29, 0.717) is 12.5 Å². The maximum Gasteiger partial charge on any atom is 0.196 e. The van der Waals surface area contributed by atoms with Gasteiger partial charge in [0.1, 0.15) is 0 Å². The van der Waals surface area contributed by atoms with Crippen LogP contribution in [0.5, 0.6) is 0 Å². The standard InChI is InChI=1S/C16H17N3/c1-16(13-8-4-2-5-9-13)12-18-15(17)19(16)14-10-6-3-7-11-14/h2-11H,12H2,1H3,(H2,17,18). The van der Waals surface area contributed by atoms with Gasteiger partial charge in [0, 0.05) is 5.69 Å². The van der Waals surface area contributed by atoms with Crippen molar-refractivity contribution in [2.75, 3.05) is 11.4 Å². The van der Waals surface area contributed by atoms with Crippen LogP contribution in [0.15, 0.2) is 65.7 Å². The van der Waals surface area contributed by atoms with E-state index >= 15 is 0 Å². The first-order valence-electron chi connectivity index (χ1n) is 6.42. The molecule has 3 nitrogen and oxygen atoms in total. The average Bonchev–Trinajstić information content (AvgIpc) is 2.78. The molecule has 19 heavy (non-hydrogen) atoms. The lowest BCUT2D eigenvalue weighted by Crippen LogP contribution is -2.47. The van der Waals surface area contributed by atoms with Gasteiger partial charge >= 0.3 is 0 Å². The fourth-order valence-corrected chi connectivity index (χ4v) is 2.64. The number of benzene rings is 2. The van der Waals surface area contributed by atoms with Crippen molar-refractivity contribution >= 4 is 11.6 Å². The fourth-order valence-electron chi connectivity index (χ4n) is 2.64. The highest BCUT2D eigenvalue weighted by Gasteiger charge is 2.40. The second kappa shape index (κ2) is 4.43. The number of hydrogen-bond donors (Lipinski definition) is 1. The summed E-state index contributed by atoms with van der Waals surface area (Å²) in [7, 11) is 0. The van der Waals surface area contributed by atoms with E-state index in [0.717, 1.165) is 5.69 Å². The van der Waals surface area contributed by atoms with Gasteiger partial charge in [-0.2, -0.15) is 0 Å². The molecule has 0 fully saturated rings. The van der Waals surface area contributed by atoms with Gasteiger partial charge in [-0.05, 0) is 24.6 Å². The zero-order valence-electron chi connectivity index (χ0n) is 11.0. The highest BCUT2D eigenvalue weighted by atomic mass is 15.4. The van der Waals surface area contributed by atoms with E-state index in [1.54, 1.807) is 0 Å². The van der Waals surface area contributed by atoms with Crippen LogP contribution in [0, 0.1) is 0 Å². The summed E-state index contributed by atoms with van der Waals surface area (Å²) in [5.74, 6) is 0.581. The summed E-state index contributed by atoms with van der Waals surface area (Å²) in [5, 5.41) is 0. The smallest absolute Gasteiger partial charge is 0.196 e. The number of nitrogens with two attached hydrogens (primary N) is 1. The topological polar surface area (TPSA) is 41.6 Å². The maximum atomic E-state index is 6.10. The minimum atomic E-state index is -0.216. The van der Waals surface area contributed by atoms with Gasteiger partial charge in [0.25, 0.3) is 0 Å². The first kappa shape index (κ1) is 11.8. The molecule has 0 spiro atoms. The minimum absolute atomic E-state index is 0.216. The zero-order chi connectivity index (χ0) is 13.3. The normalized spacial score (nSPS) is 22.4. The van der Waals surface area contributed by atoms with E-state index in [1.165, 1.54) is 5.56 Å². The second-order valence-electron chi connectivity index (χ2n) is 4.99. The van der Waals surface area contributed by atoms with Gasteiger partial charge in [0.15, 0.2) is 5.96 Å². The molecular weight excluding hydrogens is 234 g/mol. The monoisotopic (exact) mass is 251 g/mol. The lowest BCUT2D eigenvalue weighted by atomic mass is 9.90. The van der Waals surface area contributed by atoms with Crippen molar-refractivity contribution in [2.45, 2.75) is 12.5 Å². The molecule has 2 aromatic carbocycles. The van der Waals surface area contributed by atoms with Crippen LogP contribution in [0.2, 0.25) is 0 Å². The third kappa shape index (κ3) is 1.87. The first-order valence-corrected chi connectivity index (χ1v) is 6.42. The summed E-state index contributed by atoms with van der Waals surface area (Å²) >= 11 is 0. The summed E-state index contributed by atoms with van der Waals surface area (Å²) in [5.41, 5.74) is 8.19. The minimum Gasteiger partial charge on any atom is -0.369 e. The van der Waals surface area contributed by atoms with Crippen LogP contribution >= 0.6 is 0 Å². The molecule has 0 amide bonds. The summed E-state index contributed by atoms with van der Waals surface area (Å²) < 4.78 is 0. The van der Waals surface area contributed by atoms with Crippen molar-refractivity contribution < 1.29 is 0 Å². The lowest BCUT2D eigenvalue weighted by Gasteiger charge is -2.36. The van der Waals surface area contributed by atoms with Gasteiger partial charge in [-0.1, -0.05) is 48.5 Å². The molecule has 0 bridgehead atoms. The fraction of sp³-hybridized carbons (Fsp3) is 0.188. The van der Waals surface area contributed by atoms with E-state index in [-0.39, 0.29) is 5.54 Å². The lowest BCUT2D eigenvalue weighted by molar-refractivity contribution is 0.533. The van der Waals surface area contributed by atoms with Crippen molar-refractivity contribution in [3.63, 3.8) is 0 Å². The Morgan fingerprint density at radius 1 is 1.00 bits per heavy atom. The molecular formula is C16H17N3. The van der Waals surface area contributed by atoms with Gasteiger partial charge in [0.2, 0.25) is 0 Å². The largest absolute Gasteiger partial charge is 0.369 e. The summed E-state index contributed by atoms with van der Waals surface area (Å²) in [6.45, 7) is 2.86. The molecule has 0 radical (unpaired) electrons. The van der Waals surface area contributed by atoms with Gasteiger partial charge in [0.05, 0.1) is 12.1 Å². The number of anilines is 1. The Bertz CT molecular complexity index is 592. The van der Waals surface area contributed by atoms with E-state index in [4.69, 9.17) is 5.73 Å². The van der Waals surface area contributed by atoms with Crippen LogP contribution in [0.3, 0.4) is 0 Å². The highest BCUT2D eigenvalue weighted by Crippen LogP contribution is 2.36. The predicted octanol–water partition coefficient (Wildman–Crippen LogP) is 2.74. The molecule has 1 unspecified atom stereocenters. The van der Waals surface area contributed by atoms with Crippen LogP contribution in [-0.4, -0.2) is 12.5 Å². The molecule has 0 saturated carbocycles. The number of nitrogens with zero attached hydrogens (tertiary/aromatic N) is 2. The number of hydrogen-bond acceptors (Lipinski definition) is 3. The van der Waals surface area contributed by atoms with Crippen molar-refractivity contribution in [2.24, 2.45) is 10.7 Å². The molecule has 96 valence electrons. The molecule has 3 heteroatoms. The first-order chi connectivity index (χ1) is 9.22. The Morgan fingerprint density at radius 3 is 2.21 bits per heavy atom. The molecule has 0 aromatic heterocycles. The Kier molecular flexibility index (Phi) is 2.75. The molecule has 0 saturated heterocycles.